The minimum Gasteiger partial charge on any atom is -0.442 e. The summed E-state index contributed by atoms with van der Waals surface area (Å²) in [5.74, 6) is 0.861. The van der Waals surface area contributed by atoms with E-state index in [4.69, 9.17) is 9.73 Å². The molecule has 1 unspecified atom stereocenters. The lowest BCUT2D eigenvalue weighted by molar-refractivity contribution is -0.130. The zero-order valence-corrected chi connectivity index (χ0v) is 22.7. The smallest absolute Gasteiger partial charge is 0.435 e. The van der Waals surface area contributed by atoms with Crippen molar-refractivity contribution in [2.75, 3.05) is 11.4 Å². The average molecular weight is 504 g/mol. The van der Waals surface area contributed by atoms with Gasteiger partial charge >= 0.3 is 6.09 Å². The van der Waals surface area contributed by atoms with E-state index >= 15 is 0 Å². The quantitative estimate of drug-likeness (QED) is 0.584. The van der Waals surface area contributed by atoms with Gasteiger partial charge in [-0.1, -0.05) is 18.2 Å². The number of amides is 1. The molecule has 196 valence electrons. The molecule has 0 N–H and O–H groups in total. The van der Waals surface area contributed by atoms with E-state index in [2.05, 4.69) is 34.0 Å². The van der Waals surface area contributed by atoms with E-state index in [0.717, 1.165) is 54.0 Å². The Morgan fingerprint density at radius 2 is 1.78 bits per heavy atom. The van der Waals surface area contributed by atoms with Gasteiger partial charge in [0, 0.05) is 30.5 Å². The maximum absolute atomic E-state index is 14.0. The minimum absolute atomic E-state index is 0.0248. The Hall–Kier alpha value is -3.42. The highest BCUT2D eigenvalue weighted by Gasteiger charge is 2.41. The van der Waals surface area contributed by atoms with Crippen molar-refractivity contribution in [3.05, 3.63) is 58.6 Å². The van der Waals surface area contributed by atoms with Gasteiger partial charge in [-0.05, 0) is 96.4 Å². The van der Waals surface area contributed by atoms with Crippen LogP contribution < -0.4 is 4.90 Å². The summed E-state index contributed by atoms with van der Waals surface area (Å²) in [7, 11) is 0. The molecule has 1 aromatic carbocycles. The molecule has 2 heterocycles. The van der Waals surface area contributed by atoms with Gasteiger partial charge in [0.05, 0.1) is 5.69 Å². The topological polar surface area (TPSA) is 80.0 Å². The number of rotatable bonds is 4. The number of amidine groups is 1. The van der Waals surface area contributed by atoms with E-state index in [0.29, 0.717) is 18.7 Å². The van der Waals surface area contributed by atoms with Crippen molar-refractivity contribution in [2.24, 2.45) is 4.99 Å². The number of hydrogen-bond donors (Lipinski definition) is 0. The molecule has 5 rings (SSSR count). The molecule has 0 radical (unpaired) electrons. The third-order valence-electron chi connectivity index (χ3n) is 7.27. The van der Waals surface area contributed by atoms with Crippen LogP contribution in [0.3, 0.4) is 0 Å². The molecule has 1 amide bonds. The Kier molecular flexibility index (Phi) is 6.46. The van der Waals surface area contributed by atoms with Crippen LogP contribution in [0.5, 0.6) is 0 Å². The summed E-state index contributed by atoms with van der Waals surface area (Å²) in [6.45, 7) is 12.3. The number of nitrogens with zero attached hydrogens (tertiary/aromatic N) is 5. The number of ether oxygens (including phenoxy) is 1. The van der Waals surface area contributed by atoms with Gasteiger partial charge in [0.1, 0.15) is 17.1 Å². The van der Waals surface area contributed by atoms with Gasteiger partial charge < -0.3 is 14.5 Å². The van der Waals surface area contributed by atoms with Crippen molar-refractivity contribution in [3.63, 3.8) is 0 Å². The predicted molar refractivity (Wildman–Crippen MR) is 144 cm³/mol. The summed E-state index contributed by atoms with van der Waals surface area (Å²) in [6.07, 6.45) is 5.59. The molecule has 37 heavy (non-hydrogen) atoms. The molecule has 0 bridgehead atoms. The first-order valence-corrected chi connectivity index (χ1v) is 13.2. The molecule has 1 aliphatic heterocycles. The van der Waals surface area contributed by atoms with Crippen LogP contribution in [0.25, 0.3) is 0 Å². The van der Waals surface area contributed by atoms with Gasteiger partial charge in [-0.2, -0.15) is 9.78 Å². The number of benzene rings is 1. The van der Waals surface area contributed by atoms with Crippen molar-refractivity contribution >= 4 is 23.5 Å². The van der Waals surface area contributed by atoms with E-state index in [1.165, 1.54) is 10.2 Å². The standard InChI is InChI=1S/C29H37N5O3/c1-18-9-7-8-10-25(18)32-16-19(2)26(30-20(32)3)27(35)34(22-11-12-22)23-13-14-24-21(15-23)17-33(31-24)28(36)37-29(4,5)6/h7-10,17,22-23H,11-16H2,1-6H3. The Morgan fingerprint density at radius 3 is 2.46 bits per heavy atom. The first-order chi connectivity index (χ1) is 17.5. The number of aryl methyl sites for hydroxylation is 2. The molecule has 2 aromatic rings. The van der Waals surface area contributed by atoms with Crippen LogP contribution in [0.15, 0.2) is 46.7 Å². The number of carbonyl (C=O) groups excluding carboxylic acids is 2. The predicted octanol–water partition coefficient (Wildman–Crippen LogP) is 5.04. The molecule has 1 aromatic heterocycles. The summed E-state index contributed by atoms with van der Waals surface area (Å²) in [5.41, 5.74) is 5.21. The van der Waals surface area contributed by atoms with Crippen molar-refractivity contribution in [3.8, 4) is 0 Å². The summed E-state index contributed by atoms with van der Waals surface area (Å²) in [6, 6.07) is 8.58. The maximum Gasteiger partial charge on any atom is 0.435 e. The average Bonchev–Trinajstić information content (AvgIpc) is 3.56. The van der Waals surface area contributed by atoms with Crippen LogP contribution in [-0.2, 0) is 22.4 Å². The number of aromatic nitrogens is 2. The van der Waals surface area contributed by atoms with E-state index in [-0.39, 0.29) is 18.0 Å². The van der Waals surface area contributed by atoms with Gasteiger partial charge in [0.2, 0.25) is 0 Å². The van der Waals surface area contributed by atoms with Gasteiger partial charge in [-0.25, -0.2) is 9.79 Å². The van der Waals surface area contributed by atoms with Crippen LogP contribution >= 0.6 is 0 Å². The van der Waals surface area contributed by atoms with E-state index in [1.54, 1.807) is 6.20 Å². The van der Waals surface area contributed by atoms with Gasteiger partial charge in [-0.3, -0.25) is 4.79 Å². The minimum atomic E-state index is -0.583. The molecule has 1 atom stereocenters. The molecule has 3 aliphatic rings. The molecule has 0 spiro atoms. The largest absolute Gasteiger partial charge is 0.442 e. The number of para-hydroxylation sites is 1. The Balaban J connectivity index is 1.35. The van der Waals surface area contributed by atoms with Gasteiger partial charge in [0.25, 0.3) is 5.91 Å². The Labute approximate surface area is 219 Å². The van der Waals surface area contributed by atoms with Crippen molar-refractivity contribution < 1.29 is 14.3 Å². The zero-order chi connectivity index (χ0) is 26.5. The molecule has 8 nitrogen and oxygen atoms in total. The third kappa shape index (κ3) is 5.20. The van der Waals surface area contributed by atoms with Gasteiger partial charge in [0.15, 0.2) is 0 Å². The highest BCUT2D eigenvalue weighted by molar-refractivity contribution is 6.04. The van der Waals surface area contributed by atoms with Crippen molar-refractivity contribution in [2.45, 2.75) is 91.3 Å². The number of carbonyl (C=O) groups is 2. The summed E-state index contributed by atoms with van der Waals surface area (Å²) in [5, 5.41) is 4.49. The van der Waals surface area contributed by atoms with Crippen LogP contribution in [0.2, 0.25) is 0 Å². The van der Waals surface area contributed by atoms with E-state index in [9.17, 15) is 9.59 Å². The second-order valence-electron chi connectivity index (χ2n) is 11.5. The van der Waals surface area contributed by atoms with Crippen LogP contribution in [0, 0.1) is 6.92 Å². The van der Waals surface area contributed by atoms with Crippen LogP contribution in [-0.4, -0.2) is 56.7 Å². The van der Waals surface area contributed by atoms with Crippen molar-refractivity contribution in [1.29, 1.82) is 0 Å². The lowest BCUT2D eigenvalue weighted by Gasteiger charge is -2.36. The first kappa shape index (κ1) is 25.2. The zero-order valence-electron chi connectivity index (χ0n) is 22.7. The molecular weight excluding hydrogens is 466 g/mol. The fraction of sp³-hybridized carbons (Fsp3) is 0.517. The molecule has 0 saturated heterocycles. The number of anilines is 1. The summed E-state index contributed by atoms with van der Waals surface area (Å²) < 4.78 is 6.79. The number of hydrogen-bond acceptors (Lipinski definition) is 6. The van der Waals surface area contributed by atoms with Crippen LogP contribution in [0.1, 0.15) is 70.7 Å². The number of fused-ring (bicyclic) bond motifs is 1. The molecule has 1 saturated carbocycles. The maximum atomic E-state index is 14.0. The molecule has 1 fully saturated rings. The normalized spacial score (nSPS) is 19.9. The molecular formula is C29H37N5O3. The monoisotopic (exact) mass is 503 g/mol. The second-order valence-corrected chi connectivity index (χ2v) is 11.5. The Bertz CT molecular complexity index is 1290. The fourth-order valence-electron chi connectivity index (χ4n) is 5.33. The summed E-state index contributed by atoms with van der Waals surface area (Å²) >= 11 is 0. The summed E-state index contributed by atoms with van der Waals surface area (Å²) in [4.78, 5) is 35.6. The van der Waals surface area contributed by atoms with Gasteiger partial charge in [-0.15, -0.1) is 0 Å². The van der Waals surface area contributed by atoms with Crippen molar-refractivity contribution in [1.82, 2.24) is 14.7 Å². The third-order valence-corrected chi connectivity index (χ3v) is 7.27. The molecule has 2 aliphatic carbocycles. The lowest BCUT2D eigenvalue weighted by Crippen LogP contribution is -2.46. The highest BCUT2D eigenvalue weighted by atomic mass is 16.6. The molecule has 8 heteroatoms. The van der Waals surface area contributed by atoms with E-state index in [1.807, 2.05) is 46.8 Å². The van der Waals surface area contributed by atoms with E-state index < -0.39 is 11.7 Å². The Morgan fingerprint density at radius 1 is 1.05 bits per heavy atom. The second kappa shape index (κ2) is 9.47. The number of aliphatic imine (C=N–C) groups is 1. The highest BCUT2D eigenvalue weighted by Crippen LogP contribution is 2.36. The lowest BCUT2D eigenvalue weighted by atomic mass is 9.92. The SMILES string of the molecule is CC1=NC(C(=O)N(C2CC2)C2CCc3nn(C(=O)OC(C)(C)C)cc3C2)=C(C)CN1c1ccccc1C. The fourth-order valence-corrected chi connectivity index (χ4v) is 5.33. The first-order valence-electron chi connectivity index (χ1n) is 13.2. The van der Waals surface area contributed by atoms with Crippen LogP contribution in [0.4, 0.5) is 10.5 Å².